The highest BCUT2D eigenvalue weighted by Crippen LogP contribution is 2.32. The van der Waals surface area contributed by atoms with Crippen molar-refractivity contribution in [1.29, 1.82) is 0 Å². The Labute approximate surface area is 202 Å². The van der Waals surface area contributed by atoms with Gasteiger partial charge in [0.1, 0.15) is 5.82 Å². The fourth-order valence-electron chi connectivity index (χ4n) is 3.45. The minimum absolute atomic E-state index is 0.365. The minimum Gasteiger partial charge on any atom is -0.472 e. The number of nitrogens with zero attached hydrogens (tertiary/aromatic N) is 2. The van der Waals surface area contributed by atoms with Crippen LogP contribution in [0.15, 0.2) is 66.7 Å². The Morgan fingerprint density at radius 1 is 1.00 bits per heavy atom. The van der Waals surface area contributed by atoms with Gasteiger partial charge >= 0.3 is 12.1 Å². The van der Waals surface area contributed by atoms with E-state index < -0.39 is 17.7 Å². The molecular weight excluding hydrogens is 480 g/mol. The zero-order valence-corrected chi connectivity index (χ0v) is 19.0. The molecule has 0 fully saturated rings. The van der Waals surface area contributed by atoms with Crippen LogP contribution in [0.5, 0.6) is 0 Å². The van der Waals surface area contributed by atoms with Crippen LogP contribution in [0, 0.1) is 17.7 Å². The molecule has 1 aromatic heterocycles. The van der Waals surface area contributed by atoms with Crippen molar-refractivity contribution in [2.75, 3.05) is 11.4 Å². The molecule has 1 heterocycles. The van der Waals surface area contributed by atoms with E-state index in [1.165, 1.54) is 29.5 Å². The molecule has 1 N–H and O–H groups in total. The van der Waals surface area contributed by atoms with Gasteiger partial charge < -0.3 is 10.0 Å². The van der Waals surface area contributed by atoms with Crippen molar-refractivity contribution in [3.63, 3.8) is 0 Å². The minimum atomic E-state index is -4.39. The molecule has 0 aliphatic heterocycles. The number of benzene rings is 3. The van der Waals surface area contributed by atoms with E-state index in [2.05, 4.69) is 16.8 Å². The normalized spacial score (nSPS) is 11.2. The number of rotatable bonds is 6. The van der Waals surface area contributed by atoms with Crippen LogP contribution >= 0.6 is 11.3 Å². The number of hydrogen-bond donors (Lipinski definition) is 1. The lowest BCUT2D eigenvalue weighted by atomic mass is 10.1. The Bertz CT molecular complexity index is 1400. The summed E-state index contributed by atoms with van der Waals surface area (Å²) in [6.45, 7) is 0.849. The lowest BCUT2D eigenvalue weighted by Crippen LogP contribution is -2.25. The molecule has 0 radical (unpaired) electrons. The molecule has 4 aromatic rings. The first-order valence-corrected chi connectivity index (χ1v) is 11.3. The van der Waals surface area contributed by atoms with Crippen LogP contribution in [0.25, 0.3) is 10.2 Å². The fourth-order valence-corrected chi connectivity index (χ4v) is 4.44. The van der Waals surface area contributed by atoms with Gasteiger partial charge in [-0.05, 0) is 53.9 Å². The molecular formula is C26H18F4N2O2S. The van der Waals surface area contributed by atoms with Gasteiger partial charge in [0.2, 0.25) is 0 Å². The van der Waals surface area contributed by atoms with Crippen LogP contribution < -0.4 is 4.90 Å². The van der Waals surface area contributed by atoms with E-state index in [9.17, 15) is 22.4 Å². The third-order valence-corrected chi connectivity index (χ3v) is 6.36. The highest BCUT2D eigenvalue weighted by atomic mass is 32.1. The summed E-state index contributed by atoms with van der Waals surface area (Å²) in [5, 5.41) is 9.28. The van der Waals surface area contributed by atoms with Gasteiger partial charge in [-0.15, -0.1) is 0 Å². The summed E-state index contributed by atoms with van der Waals surface area (Å²) < 4.78 is 53.3. The molecule has 3 aromatic carbocycles. The zero-order chi connectivity index (χ0) is 25.0. The molecule has 0 unspecified atom stereocenters. The average Bonchev–Trinajstić information content (AvgIpc) is 3.26. The maximum Gasteiger partial charge on any atom is 0.416 e. The van der Waals surface area contributed by atoms with Gasteiger partial charge in [0.25, 0.3) is 0 Å². The van der Waals surface area contributed by atoms with Crippen LogP contribution in [0.4, 0.5) is 22.7 Å². The van der Waals surface area contributed by atoms with Gasteiger partial charge in [-0.3, -0.25) is 0 Å². The number of thiazole rings is 1. The van der Waals surface area contributed by atoms with E-state index in [0.29, 0.717) is 40.4 Å². The quantitative estimate of drug-likeness (QED) is 0.256. The Morgan fingerprint density at radius 3 is 2.31 bits per heavy atom. The fraction of sp³-hybridized carbons (Fsp3) is 0.154. The SMILES string of the molecule is O=C(O)C#Cc1ccc(CN(CCc2ccc(C(F)(F)F)cc2)c2nc3cccc(F)c3s2)cc1. The number of aliphatic carboxylic acids is 1. The van der Waals surface area contributed by atoms with Crippen molar-refractivity contribution >= 4 is 32.7 Å². The van der Waals surface area contributed by atoms with Crippen molar-refractivity contribution in [2.24, 2.45) is 0 Å². The molecule has 0 amide bonds. The molecule has 0 saturated heterocycles. The maximum atomic E-state index is 14.3. The van der Waals surface area contributed by atoms with Gasteiger partial charge in [-0.25, -0.2) is 14.2 Å². The van der Waals surface area contributed by atoms with Crippen LogP contribution in [0.3, 0.4) is 0 Å². The van der Waals surface area contributed by atoms with Gasteiger partial charge in [0.05, 0.1) is 15.8 Å². The molecule has 4 rings (SSSR count). The lowest BCUT2D eigenvalue weighted by Gasteiger charge is -2.22. The molecule has 0 aliphatic carbocycles. The standard InChI is InChI=1S/C26H18F4N2O2S/c27-21-2-1-3-22-24(21)35-25(31-22)32(15-14-18-8-11-20(12-9-18)26(28,29)30)16-19-6-4-17(5-7-19)10-13-23(33)34/h1-9,11-12H,14-16H2,(H,33,34). The topological polar surface area (TPSA) is 53.4 Å². The largest absolute Gasteiger partial charge is 0.472 e. The maximum absolute atomic E-state index is 14.3. The van der Waals surface area contributed by atoms with Crippen LogP contribution in [-0.4, -0.2) is 22.6 Å². The number of carboxylic acid groups (broad SMARTS) is 1. The smallest absolute Gasteiger partial charge is 0.416 e. The van der Waals surface area contributed by atoms with E-state index >= 15 is 0 Å². The number of carbonyl (C=O) groups is 1. The summed E-state index contributed by atoms with van der Waals surface area (Å²) in [7, 11) is 0. The van der Waals surface area contributed by atoms with Gasteiger partial charge in [0, 0.05) is 24.6 Å². The second kappa shape index (κ2) is 10.2. The van der Waals surface area contributed by atoms with E-state index in [0.717, 1.165) is 23.3 Å². The molecule has 4 nitrogen and oxygen atoms in total. The predicted molar refractivity (Wildman–Crippen MR) is 127 cm³/mol. The van der Waals surface area contributed by atoms with E-state index in [-0.39, 0.29) is 5.82 Å². The Hall–Kier alpha value is -3.90. The molecule has 9 heteroatoms. The number of carboxylic acids is 1. The zero-order valence-electron chi connectivity index (χ0n) is 18.1. The molecule has 35 heavy (non-hydrogen) atoms. The second-order valence-electron chi connectivity index (χ2n) is 7.70. The van der Waals surface area contributed by atoms with Crippen molar-refractivity contribution < 1.29 is 27.5 Å². The number of halogens is 4. The molecule has 178 valence electrons. The number of alkyl halides is 3. The first-order chi connectivity index (χ1) is 16.7. The molecule has 0 aliphatic rings. The Kier molecular flexibility index (Phi) is 7.03. The second-order valence-corrected chi connectivity index (χ2v) is 8.68. The molecule has 0 spiro atoms. The summed E-state index contributed by atoms with van der Waals surface area (Å²) in [5.74, 6) is 3.03. The van der Waals surface area contributed by atoms with Gasteiger partial charge in [0.15, 0.2) is 5.13 Å². The monoisotopic (exact) mass is 498 g/mol. The Balaban J connectivity index is 1.57. The van der Waals surface area contributed by atoms with Crippen molar-refractivity contribution in [3.05, 3.63) is 94.8 Å². The van der Waals surface area contributed by atoms with E-state index in [1.54, 1.807) is 24.3 Å². The number of anilines is 1. The van der Waals surface area contributed by atoms with E-state index in [4.69, 9.17) is 5.11 Å². The van der Waals surface area contributed by atoms with Crippen molar-refractivity contribution in [1.82, 2.24) is 4.98 Å². The van der Waals surface area contributed by atoms with E-state index in [1.807, 2.05) is 17.0 Å². The summed E-state index contributed by atoms with van der Waals surface area (Å²) >= 11 is 1.21. The highest BCUT2D eigenvalue weighted by molar-refractivity contribution is 7.22. The third-order valence-electron chi connectivity index (χ3n) is 5.22. The number of fused-ring (bicyclic) bond motifs is 1. The summed E-state index contributed by atoms with van der Waals surface area (Å²) in [5.41, 5.74) is 2.00. The van der Waals surface area contributed by atoms with Crippen LogP contribution in [-0.2, 0) is 23.9 Å². The molecule has 0 bridgehead atoms. The van der Waals surface area contributed by atoms with Crippen molar-refractivity contribution in [2.45, 2.75) is 19.1 Å². The number of aromatic nitrogens is 1. The average molecular weight is 499 g/mol. The highest BCUT2D eigenvalue weighted by Gasteiger charge is 2.29. The predicted octanol–water partition coefficient (Wildman–Crippen LogP) is 6.14. The van der Waals surface area contributed by atoms with Gasteiger partial charge in [-0.1, -0.05) is 47.6 Å². The Morgan fingerprint density at radius 2 is 1.69 bits per heavy atom. The lowest BCUT2D eigenvalue weighted by molar-refractivity contribution is -0.137. The summed E-state index contributed by atoms with van der Waals surface area (Å²) in [6, 6.07) is 16.7. The summed E-state index contributed by atoms with van der Waals surface area (Å²) in [4.78, 5) is 17.1. The first-order valence-electron chi connectivity index (χ1n) is 10.5. The first kappa shape index (κ1) is 24.2. The van der Waals surface area contributed by atoms with Gasteiger partial charge in [-0.2, -0.15) is 13.2 Å². The van der Waals surface area contributed by atoms with Crippen molar-refractivity contribution in [3.8, 4) is 11.8 Å². The third kappa shape index (κ3) is 6.16. The van der Waals surface area contributed by atoms with Crippen LogP contribution in [0.2, 0.25) is 0 Å². The summed E-state index contributed by atoms with van der Waals surface area (Å²) in [6.07, 6.45) is -3.94. The number of hydrogen-bond acceptors (Lipinski definition) is 4. The van der Waals surface area contributed by atoms with Crippen LogP contribution in [0.1, 0.15) is 22.3 Å². The molecule has 0 saturated carbocycles. The molecule has 0 atom stereocenters.